The first-order valence-corrected chi connectivity index (χ1v) is 10.4. The highest BCUT2D eigenvalue weighted by Crippen LogP contribution is 2.27. The van der Waals surface area contributed by atoms with Crippen molar-refractivity contribution in [3.05, 3.63) is 52.3 Å². The normalized spacial score (nSPS) is 18.6. The fourth-order valence-corrected chi connectivity index (χ4v) is 5.10. The van der Waals surface area contributed by atoms with Crippen LogP contribution in [0, 0.1) is 25.5 Å². The quantitative estimate of drug-likeness (QED) is 0.794. The number of hydrogen-bond acceptors (Lipinski definition) is 4. The average Bonchev–Trinajstić information content (AvgIpc) is 3.10. The second-order valence-corrected chi connectivity index (χ2v) is 9.17. The summed E-state index contributed by atoms with van der Waals surface area (Å²) in [5, 5.41) is 4.47. The van der Waals surface area contributed by atoms with E-state index in [1.54, 1.807) is 18.7 Å². The van der Waals surface area contributed by atoms with E-state index in [9.17, 15) is 22.0 Å². The van der Waals surface area contributed by atoms with Crippen LogP contribution in [0.15, 0.2) is 18.2 Å². The van der Waals surface area contributed by atoms with E-state index in [1.807, 2.05) is 6.92 Å². The zero-order chi connectivity index (χ0) is 19.9. The first-order chi connectivity index (χ1) is 12.6. The Kier molecular flexibility index (Phi) is 5.07. The van der Waals surface area contributed by atoms with Crippen LogP contribution in [0.1, 0.15) is 39.8 Å². The number of sulfone groups is 1. The second kappa shape index (κ2) is 7.03. The number of rotatable bonds is 4. The third kappa shape index (κ3) is 3.87. The first-order valence-electron chi connectivity index (χ1n) is 8.54. The zero-order valence-corrected chi connectivity index (χ0v) is 16.2. The fourth-order valence-electron chi connectivity index (χ4n) is 3.41. The summed E-state index contributed by atoms with van der Waals surface area (Å²) in [4.78, 5) is 13.9. The molecule has 2 heterocycles. The highest BCUT2D eigenvalue weighted by atomic mass is 32.2. The topological polar surface area (TPSA) is 72.3 Å². The van der Waals surface area contributed by atoms with Gasteiger partial charge in [0, 0.05) is 30.4 Å². The molecule has 2 aromatic rings. The molecule has 27 heavy (non-hydrogen) atoms. The lowest BCUT2D eigenvalue weighted by atomic mass is 10.1. The lowest BCUT2D eigenvalue weighted by Gasteiger charge is -2.18. The Bertz CT molecular complexity index is 1000. The van der Waals surface area contributed by atoms with Crippen LogP contribution in [-0.4, -0.2) is 47.6 Å². The van der Waals surface area contributed by atoms with Crippen molar-refractivity contribution in [1.82, 2.24) is 14.7 Å². The van der Waals surface area contributed by atoms with Crippen molar-refractivity contribution in [3.8, 4) is 0 Å². The van der Waals surface area contributed by atoms with Crippen molar-refractivity contribution in [1.29, 1.82) is 0 Å². The lowest BCUT2D eigenvalue weighted by molar-refractivity contribution is 0.0784. The molecule has 0 aliphatic carbocycles. The zero-order valence-electron chi connectivity index (χ0n) is 15.4. The van der Waals surface area contributed by atoms with Gasteiger partial charge in [-0.2, -0.15) is 5.10 Å². The van der Waals surface area contributed by atoms with Gasteiger partial charge in [0.25, 0.3) is 5.91 Å². The van der Waals surface area contributed by atoms with Crippen molar-refractivity contribution >= 4 is 15.7 Å². The number of carbonyl (C=O) groups is 1. The van der Waals surface area contributed by atoms with E-state index in [1.165, 1.54) is 11.0 Å². The van der Waals surface area contributed by atoms with Gasteiger partial charge in [-0.3, -0.25) is 9.48 Å². The van der Waals surface area contributed by atoms with Crippen LogP contribution in [0.3, 0.4) is 0 Å². The maximum Gasteiger partial charge on any atom is 0.254 e. The van der Waals surface area contributed by atoms with E-state index in [-0.39, 0.29) is 29.7 Å². The van der Waals surface area contributed by atoms with Crippen LogP contribution in [0.4, 0.5) is 8.78 Å². The number of benzene rings is 1. The Hall–Kier alpha value is -2.29. The van der Waals surface area contributed by atoms with Crippen LogP contribution < -0.4 is 0 Å². The molecule has 1 amide bonds. The van der Waals surface area contributed by atoms with E-state index >= 15 is 0 Å². The molecule has 1 saturated heterocycles. The number of halogens is 2. The molecule has 0 spiro atoms. The Morgan fingerprint density at radius 2 is 2.00 bits per heavy atom. The maximum absolute atomic E-state index is 13.4. The van der Waals surface area contributed by atoms with Gasteiger partial charge < -0.3 is 4.90 Å². The summed E-state index contributed by atoms with van der Waals surface area (Å²) in [5.41, 5.74) is 2.39. The Morgan fingerprint density at radius 3 is 2.59 bits per heavy atom. The fraction of sp³-hybridized carbons (Fsp3) is 0.444. The summed E-state index contributed by atoms with van der Waals surface area (Å²) in [6, 6.07) is 2.84. The van der Waals surface area contributed by atoms with E-state index in [0.29, 0.717) is 12.1 Å². The molecule has 146 valence electrons. The van der Waals surface area contributed by atoms with Crippen LogP contribution in [0.5, 0.6) is 0 Å². The number of nitrogens with zero attached hydrogens (tertiary/aromatic N) is 3. The van der Waals surface area contributed by atoms with Crippen molar-refractivity contribution in [2.75, 3.05) is 18.6 Å². The minimum absolute atomic E-state index is 0.0565. The van der Waals surface area contributed by atoms with E-state index in [2.05, 4.69) is 5.10 Å². The largest absolute Gasteiger partial charge is 0.337 e. The molecule has 0 N–H and O–H groups in total. The highest BCUT2D eigenvalue weighted by molar-refractivity contribution is 7.91. The van der Waals surface area contributed by atoms with Crippen molar-refractivity contribution < 1.29 is 22.0 Å². The molecular formula is C18H21F2N3O3S. The number of amides is 1. The monoisotopic (exact) mass is 397 g/mol. The second-order valence-electron chi connectivity index (χ2n) is 6.94. The molecule has 1 aliphatic rings. The molecule has 3 rings (SSSR count). The molecule has 1 fully saturated rings. The summed E-state index contributed by atoms with van der Waals surface area (Å²) < 4.78 is 51.7. The van der Waals surface area contributed by atoms with E-state index < -0.39 is 27.4 Å². The first kappa shape index (κ1) is 19.5. The number of aromatic nitrogens is 2. The standard InChI is InChI=1S/C18H21F2N3O3S/c1-11-15(12(2)23(21-11)14-6-7-27(25,26)10-14)9-22(3)18(24)13-4-5-16(19)17(20)8-13/h4-5,8,14H,6-7,9-10H2,1-3H3/t14-/m1/s1. The molecule has 1 atom stereocenters. The van der Waals surface area contributed by atoms with Crippen molar-refractivity contribution in [2.24, 2.45) is 0 Å². The van der Waals surface area contributed by atoms with Crippen LogP contribution in [0.2, 0.25) is 0 Å². The van der Waals surface area contributed by atoms with E-state index in [0.717, 1.165) is 23.4 Å². The van der Waals surface area contributed by atoms with Crippen LogP contribution in [-0.2, 0) is 16.4 Å². The number of hydrogen-bond donors (Lipinski definition) is 0. The van der Waals surface area contributed by atoms with Gasteiger partial charge in [0.1, 0.15) is 0 Å². The van der Waals surface area contributed by atoms with Gasteiger partial charge in [-0.25, -0.2) is 17.2 Å². The smallest absolute Gasteiger partial charge is 0.254 e. The average molecular weight is 397 g/mol. The molecule has 0 bridgehead atoms. The number of carbonyl (C=O) groups excluding carboxylic acids is 1. The molecule has 1 aromatic carbocycles. The molecule has 1 aromatic heterocycles. The minimum Gasteiger partial charge on any atom is -0.337 e. The summed E-state index contributed by atoms with van der Waals surface area (Å²) in [6.45, 7) is 3.88. The third-order valence-electron chi connectivity index (χ3n) is 4.94. The molecule has 1 aliphatic heterocycles. The number of aryl methyl sites for hydroxylation is 1. The predicted molar refractivity (Wildman–Crippen MR) is 96.2 cm³/mol. The maximum atomic E-state index is 13.4. The van der Waals surface area contributed by atoms with Gasteiger partial charge in [0.2, 0.25) is 0 Å². The molecule has 0 unspecified atom stereocenters. The Labute approximate surface area is 156 Å². The minimum atomic E-state index is -3.04. The summed E-state index contributed by atoms with van der Waals surface area (Å²) in [7, 11) is -1.47. The van der Waals surface area contributed by atoms with E-state index in [4.69, 9.17) is 0 Å². The van der Waals surface area contributed by atoms with Gasteiger partial charge in [0.15, 0.2) is 21.5 Å². The van der Waals surface area contributed by atoms with Crippen molar-refractivity contribution in [3.63, 3.8) is 0 Å². The third-order valence-corrected chi connectivity index (χ3v) is 6.69. The van der Waals surface area contributed by atoms with Gasteiger partial charge in [-0.05, 0) is 38.5 Å². The Morgan fingerprint density at radius 1 is 1.30 bits per heavy atom. The molecule has 9 heteroatoms. The predicted octanol–water partition coefficient (Wildman–Crippen LogP) is 2.41. The van der Waals surface area contributed by atoms with Gasteiger partial charge in [-0.1, -0.05) is 0 Å². The molecular weight excluding hydrogens is 376 g/mol. The molecule has 0 radical (unpaired) electrons. The summed E-state index contributed by atoms with van der Waals surface area (Å²) >= 11 is 0. The highest BCUT2D eigenvalue weighted by Gasteiger charge is 2.31. The Balaban J connectivity index is 1.81. The lowest BCUT2D eigenvalue weighted by Crippen LogP contribution is -2.27. The van der Waals surface area contributed by atoms with Gasteiger partial charge >= 0.3 is 0 Å². The SMILES string of the molecule is Cc1nn([C@@H]2CCS(=O)(=O)C2)c(C)c1CN(C)C(=O)c1ccc(F)c(F)c1. The van der Waals surface area contributed by atoms with Gasteiger partial charge in [-0.15, -0.1) is 0 Å². The summed E-state index contributed by atoms with van der Waals surface area (Å²) in [5.74, 6) is -2.30. The van der Waals surface area contributed by atoms with Gasteiger partial charge in [0.05, 0.1) is 23.2 Å². The molecule has 6 nitrogen and oxygen atoms in total. The van der Waals surface area contributed by atoms with Crippen LogP contribution >= 0.6 is 0 Å². The van der Waals surface area contributed by atoms with Crippen molar-refractivity contribution in [2.45, 2.75) is 32.9 Å². The van der Waals surface area contributed by atoms with Crippen LogP contribution in [0.25, 0.3) is 0 Å². The summed E-state index contributed by atoms with van der Waals surface area (Å²) in [6.07, 6.45) is 0.521. The molecule has 0 saturated carbocycles.